The summed E-state index contributed by atoms with van der Waals surface area (Å²) in [6.45, 7) is 1.28. The number of hydrogen-bond donors (Lipinski definition) is 2. The number of hydrazone groups is 1. The number of amides is 1. The van der Waals surface area contributed by atoms with Crippen molar-refractivity contribution in [2.45, 2.75) is 12.8 Å². The first-order chi connectivity index (χ1) is 13.9. The number of nitro benzene ring substituents is 1. The highest BCUT2D eigenvalue weighted by atomic mass is 19.1. The van der Waals surface area contributed by atoms with Crippen molar-refractivity contribution in [1.82, 2.24) is 5.43 Å². The zero-order valence-corrected chi connectivity index (χ0v) is 15.4. The average Bonchev–Trinajstić information content (AvgIpc) is 3.22. The largest absolute Gasteiger partial charge is 0.374 e. The number of carbonyl (C=O) groups excluding carboxylic acids is 1. The molecule has 0 bridgehead atoms. The van der Waals surface area contributed by atoms with E-state index in [1.807, 2.05) is 4.90 Å². The molecule has 1 fully saturated rings. The molecule has 1 aliphatic rings. The number of anilines is 2. The van der Waals surface area contributed by atoms with Gasteiger partial charge in [0, 0.05) is 30.8 Å². The van der Waals surface area contributed by atoms with Crippen LogP contribution in [-0.4, -0.2) is 36.7 Å². The third kappa shape index (κ3) is 5.24. The summed E-state index contributed by atoms with van der Waals surface area (Å²) in [5.74, 6) is -2.09. The van der Waals surface area contributed by atoms with Crippen molar-refractivity contribution in [3.05, 3.63) is 63.7 Å². The van der Waals surface area contributed by atoms with Gasteiger partial charge in [-0.15, -0.1) is 0 Å². The number of carbonyl (C=O) groups is 1. The zero-order valence-electron chi connectivity index (χ0n) is 15.4. The second-order valence-corrected chi connectivity index (χ2v) is 6.47. The lowest BCUT2D eigenvalue weighted by atomic mass is 10.1. The minimum Gasteiger partial charge on any atom is -0.374 e. The van der Waals surface area contributed by atoms with Gasteiger partial charge in [0.2, 0.25) is 0 Å². The van der Waals surface area contributed by atoms with Gasteiger partial charge in [0.1, 0.15) is 17.3 Å². The van der Waals surface area contributed by atoms with E-state index in [-0.39, 0.29) is 17.9 Å². The first-order valence-electron chi connectivity index (χ1n) is 8.98. The average molecular weight is 403 g/mol. The Bertz CT molecular complexity index is 945. The molecule has 10 heteroatoms. The highest BCUT2D eigenvalue weighted by molar-refractivity contribution is 5.86. The number of nitrogens with one attached hydrogen (secondary N) is 2. The lowest BCUT2D eigenvalue weighted by Crippen LogP contribution is -2.26. The van der Waals surface area contributed by atoms with Crippen LogP contribution in [-0.2, 0) is 4.79 Å². The van der Waals surface area contributed by atoms with E-state index in [2.05, 4.69) is 15.8 Å². The molecule has 1 heterocycles. The standard InChI is InChI=1S/C19H19F2N5O3/c20-14-4-5-16(15(21)10-14)22-12-19(27)24-23-11-13-3-6-17(18(9-13)26(28)29)25-7-1-2-8-25/h3-6,9-11,22H,1-2,7-8,12H2,(H,24,27)/b23-11+. The second kappa shape index (κ2) is 9.09. The van der Waals surface area contributed by atoms with Crippen molar-refractivity contribution >= 4 is 29.2 Å². The molecule has 0 aromatic heterocycles. The fourth-order valence-corrected chi connectivity index (χ4v) is 3.02. The molecule has 0 unspecified atom stereocenters. The molecule has 8 nitrogen and oxygen atoms in total. The van der Waals surface area contributed by atoms with Crippen LogP contribution >= 0.6 is 0 Å². The summed E-state index contributed by atoms with van der Waals surface area (Å²) < 4.78 is 26.4. The van der Waals surface area contributed by atoms with Crippen LogP contribution in [0.1, 0.15) is 18.4 Å². The maximum absolute atomic E-state index is 13.5. The highest BCUT2D eigenvalue weighted by Crippen LogP contribution is 2.31. The van der Waals surface area contributed by atoms with Crippen LogP contribution < -0.4 is 15.6 Å². The Hall–Kier alpha value is -3.56. The first-order valence-corrected chi connectivity index (χ1v) is 8.98. The Balaban J connectivity index is 1.58. The van der Waals surface area contributed by atoms with Gasteiger partial charge in [-0.05, 0) is 31.0 Å². The van der Waals surface area contributed by atoms with Crippen molar-refractivity contribution in [3.8, 4) is 0 Å². The number of rotatable bonds is 7. The summed E-state index contributed by atoms with van der Waals surface area (Å²) in [4.78, 5) is 24.7. The van der Waals surface area contributed by atoms with E-state index < -0.39 is 22.5 Å². The van der Waals surface area contributed by atoms with E-state index >= 15 is 0 Å². The number of nitrogens with zero attached hydrogens (tertiary/aromatic N) is 3. The Morgan fingerprint density at radius 1 is 1.21 bits per heavy atom. The monoisotopic (exact) mass is 403 g/mol. The van der Waals surface area contributed by atoms with Gasteiger partial charge in [-0.25, -0.2) is 14.2 Å². The number of nitro groups is 1. The van der Waals surface area contributed by atoms with E-state index in [0.717, 1.165) is 32.0 Å². The topological polar surface area (TPSA) is 99.9 Å². The van der Waals surface area contributed by atoms with Gasteiger partial charge in [-0.2, -0.15) is 5.10 Å². The van der Waals surface area contributed by atoms with Crippen molar-refractivity contribution in [2.24, 2.45) is 5.10 Å². The third-order valence-electron chi connectivity index (χ3n) is 4.42. The number of benzene rings is 2. The van der Waals surface area contributed by atoms with Crippen LogP contribution in [0.15, 0.2) is 41.5 Å². The van der Waals surface area contributed by atoms with E-state index in [0.29, 0.717) is 17.3 Å². The van der Waals surface area contributed by atoms with Crippen LogP contribution in [0, 0.1) is 21.7 Å². The maximum Gasteiger partial charge on any atom is 0.293 e. The predicted molar refractivity (Wildman–Crippen MR) is 105 cm³/mol. The lowest BCUT2D eigenvalue weighted by Gasteiger charge is -2.17. The van der Waals surface area contributed by atoms with Gasteiger partial charge >= 0.3 is 0 Å². The lowest BCUT2D eigenvalue weighted by molar-refractivity contribution is -0.384. The van der Waals surface area contributed by atoms with Gasteiger partial charge in [-0.1, -0.05) is 6.07 Å². The molecule has 1 saturated heterocycles. The number of halogens is 2. The molecule has 1 amide bonds. The molecular formula is C19H19F2N5O3. The molecular weight excluding hydrogens is 384 g/mol. The van der Waals surface area contributed by atoms with Crippen molar-refractivity contribution < 1.29 is 18.5 Å². The summed E-state index contributed by atoms with van der Waals surface area (Å²) >= 11 is 0. The molecule has 1 aliphatic heterocycles. The van der Waals surface area contributed by atoms with Gasteiger partial charge in [-0.3, -0.25) is 14.9 Å². The third-order valence-corrected chi connectivity index (χ3v) is 4.42. The van der Waals surface area contributed by atoms with E-state index in [1.165, 1.54) is 18.3 Å². The van der Waals surface area contributed by atoms with Crippen LogP contribution in [0.2, 0.25) is 0 Å². The summed E-state index contributed by atoms with van der Waals surface area (Å²) in [5.41, 5.74) is 3.23. The normalized spacial score (nSPS) is 13.7. The maximum atomic E-state index is 13.5. The van der Waals surface area contributed by atoms with Crippen molar-refractivity contribution in [2.75, 3.05) is 29.9 Å². The van der Waals surface area contributed by atoms with Crippen LogP contribution in [0.5, 0.6) is 0 Å². The van der Waals surface area contributed by atoms with Gasteiger partial charge in [0.15, 0.2) is 0 Å². The fourth-order valence-electron chi connectivity index (χ4n) is 3.02. The minimum absolute atomic E-state index is 0.0151. The van der Waals surface area contributed by atoms with E-state index in [1.54, 1.807) is 12.1 Å². The second-order valence-electron chi connectivity index (χ2n) is 6.47. The van der Waals surface area contributed by atoms with E-state index in [9.17, 15) is 23.7 Å². The van der Waals surface area contributed by atoms with Gasteiger partial charge in [0.05, 0.1) is 23.4 Å². The van der Waals surface area contributed by atoms with Crippen molar-refractivity contribution in [1.29, 1.82) is 0 Å². The Morgan fingerprint density at radius 2 is 1.97 bits per heavy atom. The molecule has 2 aromatic carbocycles. The number of hydrogen-bond acceptors (Lipinski definition) is 6. The predicted octanol–water partition coefficient (Wildman–Crippen LogP) is 3.04. The Labute approximate surface area is 165 Å². The Morgan fingerprint density at radius 3 is 2.66 bits per heavy atom. The Kier molecular flexibility index (Phi) is 6.32. The molecule has 152 valence electrons. The molecule has 29 heavy (non-hydrogen) atoms. The molecule has 0 radical (unpaired) electrons. The van der Waals surface area contributed by atoms with Crippen LogP contribution in [0.25, 0.3) is 0 Å². The van der Waals surface area contributed by atoms with Gasteiger partial charge in [0.25, 0.3) is 11.6 Å². The van der Waals surface area contributed by atoms with E-state index in [4.69, 9.17) is 0 Å². The first kappa shape index (κ1) is 20.2. The molecule has 2 N–H and O–H groups in total. The molecule has 0 aliphatic carbocycles. The summed E-state index contributed by atoms with van der Waals surface area (Å²) in [6.07, 6.45) is 3.29. The molecule has 0 atom stereocenters. The summed E-state index contributed by atoms with van der Waals surface area (Å²) in [7, 11) is 0. The molecule has 0 saturated carbocycles. The SMILES string of the molecule is O=C(CNc1ccc(F)cc1F)N/N=C/c1ccc(N2CCCC2)c([N+](=O)[O-])c1. The highest BCUT2D eigenvalue weighted by Gasteiger charge is 2.22. The fraction of sp³-hybridized carbons (Fsp3) is 0.263. The minimum atomic E-state index is -0.813. The zero-order chi connectivity index (χ0) is 20.8. The quantitative estimate of drug-likeness (QED) is 0.421. The molecule has 3 rings (SSSR count). The smallest absolute Gasteiger partial charge is 0.293 e. The summed E-state index contributed by atoms with van der Waals surface area (Å²) in [6, 6.07) is 7.71. The molecule has 0 spiro atoms. The summed E-state index contributed by atoms with van der Waals surface area (Å²) in [5, 5.41) is 17.7. The van der Waals surface area contributed by atoms with Crippen LogP contribution in [0.3, 0.4) is 0 Å². The van der Waals surface area contributed by atoms with Crippen LogP contribution in [0.4, 0.5) is 25.8 Å². The van der Waals surface area contributed by atoms with Crippen molar-refractivity contribution in [3.63, 3.8) is 0 Å². The van der Waals surface area contributed by atoms with Gasteiger partial charge < -0.3 is 10.2 Å². The molecule has 2 aromatic rings.